The summed E-state index contributed by atoms with van der Waals surface area (Å²) >= 11 is 0. The van der Waals surface area contributed by atoms with E-state index < -0.39 is 0 Å². The van der Waals surface area contributed by atoms with Crippen LogP contribution in [-0.4, -0.2) is 28.8 Å². The van der Waals surface area contributed by atoms with Gasteiger partial charge in [0.2, 0.25) is 5.88 Å². The van der Waals surface area contributed by atoms with E-state index in [1.807, 2.05) is 44.2 Å². The summed E-state index contributed by atoms with van der Waals surface area (Å²) in [5.41, 5.74) is 1.23. The van der Waals surface area contributed by atoms with Gasteiger partial charge in [-0.05, 0) is 25.5 Å². The lowest BCUT2D eigenvalue weighted by Gasteiger charge is -2.06. The van der Waals surface area contributed by atoms with Crippen molar-refractivity contribution < 1.29 is 9.53 Å². The molecule has 1 heterocycles. The van der Waals surface area contributed by atoms with E-state index in [1.54, 1.807) is 10.7 Å². The Morgan fingerprint density at radius 1 is 1.30 bits per heavy atom. The Bertz CT molecular complexity index is 564. The van der Waals surface area contributed by atoms with Gasteiger partial charge in [0.15, 0.2) is 5.69 Å². The van der Waals surface area contributed by atoms with Gasteiger partial charge in [0, 0.05) is 12.6 Å². The van der Waals surface area contributed by atoms with Gasteiger partial charge in [0.25, 0.3) is 5.91 Å². The predicted molar refractivity (Wildman–Crippen MR) is 77.4 cm³/mol. The van der Waals surface area contributed by atoms with Crippen LogP contribution in [0.15, 0.2) is 36.4 Å². The quantitative estimate of drug-likeness (QED) is 0.879. The highest BCUT2D eigenvalue weighted by molar-refractivity contribution is 5.92. The van der Waals surface area contributed by atoms with Crippen LogP contribution in [0.3, 0.4) is 0 Å². The van der Waals surface area contributed by atoms with Crippen molar-refractivity contribution in [3.05, 3.63) is 42.1 Å². The number of benzene rings is 1. The van der Waals surface area contributed by atoms with Gasteiger partial charge in [0.1, 0.15) is 0 Å². The lowest BCUT2D eigenvalue weighted by Crippen LogP contribution is -2.24. The normalized spacial score (nSPS) is 10.3. The van der Waals surface area contributed by atoms with Crippen LogP contribution in [0.1, 0.15) is 30.8 Å². The van der Waals surface area contributed by atoms with Gasteiger partial charge in [-0.15, -0.1) is 0 Å². The van der Waals surface area contributed by atoms with Gasteiger partial charge >= 0.3 is 0 Å². The van der Waals surface area contributed by atoms with Crippen LogP contribution in [0.4, 0.5) is 0 Å². The Morgan fingerprint density at radius 3 is 2.70 bits per heavy atom. The monoisotopic (exact) mass is 273 g/mol. The van der Waals surface area contributed by atoms with Crippen LogP contribution in [0, 0.1) is 0 Å². The molecule has 1 aromatic heterocycles. The first kappa shape index (κ1) is 14.1. The molecular weight excluding hydrogens is 254 g/mol. The third-order valence-corrected chi connectivity index (χ3v) is 2.74. The number of hydrogen-bond acceptors (Lipinski definition) is 3. The Morgan fingerprint density at radius 2 is 2.05 bits per heavy atom. The van der Waals surface area contributed by atoms with Gasteiger partial charge in [-0.1, -0.05) is 25.1 Å². The van der Waals surface area contributed by atoms with E-state index in [9.17, 15) is 4.79 Å². The van der Waals surface area contributed by atoms with Crippen molar-refractivity contribution in [1.29, 1.82) is 0 Å². The largest absolute Gasteiger partial charge is 0.478 e. The number of carbonyl (C=O) groups excluding carboxylic acids is 1. The Kier molecular flexibility index (Phi) is 4.76. The highest BCUT2D eigenvalue weighted by Gasteiger charge is 2.15. The van der Waals surface area contributed by atoms with Crippen molar-refractivity contribution in [3.8, 4) is 11.6 Å². The molecule has 0 aliphatic heterocycles. The molecule has 0 aliphatic rings. The van der Waals surface area contributed by atoms with Crippen LogP contribution in [0.5, 0.6) is 5.88 Å². The molecule has 0 saturated heterocycles. The maximum Gasteiger partial charge on any atom is 0.271 e. The topological polar surface area (TPSA) is 56.1 Å². The van der Waals surface area contributed by atoms with E-state index in [4.69, 9.17) is 4.74 Å². The molecule has 2 rings (SSSR count). The predicted octanol–water partition coefficient (Wildman–Crippen LogP) is 2.41. The number of nitrogens with one attached hydrogen (secondary N) is 1. The Balaban J connectivity index is 2.31. The van der Waals surface area contributed by atoms with Crippen LogP contribution < -0.4 is 10.1 Å². The van der Waals surface area contributed by atoms with E-state index in [0.717, 1.165) is 12.1 Å². The molecule has 5 nitrogen and oxygen atoms in total. The van der Waals surface area contributed by atoms with Crippen molar-refractivity contribution in [2.75, 3.05) is 13.2 Å². The fourth-order valence-corrected chi connectivity index (χ4v) is 1.81. The molecule has 2 aromatic rings. The summed E-state index contributed by atoms with van der Waals surface area (Å²) < 4.78 is 7.19. The van der Waals surface area contributed by atoms with E-state index in [-0.39, 0.29) is 5.91 Å². The van der Waals surface area contributed by atoms with Crippen LogP contribution in [0.25, 0.3) is 5.69 Å². The summed E-state index contributed by atoms with van der Waals surface area (Å²) in [6, 6.07) is 11.3. The zero-order valence-electron chi connectivity index (χ0n) is 11.8. The minimum atomic E-state index is -0.178. The van der Waals surface area contributed by atoms with Crippen molar-refractivity contribution in [3.63, 3.8) is 0 Å². The van der Waals surface area contributed by atoms with Crippen molar-refractivity contribution in [1.82, 2.24) is 15.1 Å². The molecule has 5 heteroatoms. The molecule has 1 amide bonds. The number of carbonyl (C=O) groups is 1. The second-order valence-corrected chi connectivity index (χ2v) is 4.30. The molecule has 106 valence electrons. The summed E-state index contributed by atoms with van der Waals surface area (Å²) in [5.74, 6) is 0.392. The van der Waals surface area contributed by atoms with Gasteiger partial charge in [-0.25, -0.2) is 4.68 Å². The first-order chi connectivity index (χ1) is 9.76. The number of rotatable bonds is 6. The number of ether oxygens (including phenoxy) is 1. The maximum absolute atomic E-state index is 12.0. The average Bonchev–Trinajstić information content (AvgIpc) is 2.90. The van der Waals surface area contributed by atoms with Gasteiger partial charge in [-0.3, -0.25) is 4.79 Å². The molecule has 0 aliphatic carbocycles. The molecule has 1 aromatic carbocycles. The summed E-state index contributed by atoms with van der Waals surface area (Å²) in [7, 11) is 0. The molecule has 0 bridgehead atoms. The summed E-state index contributed by atoms with van der Waals surface area (Å²) in [5, 5.41) is 7.14. The van der Waals surface area contributed by atoms with E-state index in [2.05, 4.69) is 10.4 Å². The summed E-state index contributed by atoms with van der Waals surface area (Å²) in [6.45, 7) is 5.07. The first-order valence-electron chi connectivity index (χ1n) is 6.82. The third-order valence-electron chi connectivity index (χ3n) is 2.74. The molecule has 0 atom stereocenters. The highest BCUT2D eigenvalue weighted by atomic mass is 16.5. The Labute approximate surface area is 118 Å². The number of hydrogen-bond donors (Lipinski definition) is 1. The van der Waals surface area contributed by atoms with Gasteiger partial charge in [-0.2, -0.15) is 5.10 Å². The lowest BCUT2D eigenvalue weighted by atomic mass is 10.3. The van der Waals surface area contributed by atoms with Gasteiger partial charge in [0.05, 0.1) is 12.3 Å². The SMILES string of the molecule is CCCNC(=O)c1cc(OCC)n(-c2ccccc2)n1. The average molecular weight is 273 g/mol. The fraction of sp³-hybridized carbons (Fsp3) is 0.333. The van der Waals surface area contributed by atoms with E-state index in [0.29, 0.717) is 24.7 Å². The molecule has 0 saturated carbocycles. The first-order valence-corrected chi connectivity index (χ1v) is 6.82. The van der Waals surface area contributed by atoms with E-state index in [1.165, 1.54) is 0 Å². The van der Waals surface area contributed by atoms with Crippen molar-refractivity contribution >= 4 is 5.91 Å². The second kappa shape index (κ2) is 6.75. The second-order valence-electron chi connectivity index (χ2n) is 4.30. The molecule has 0 fully saturated rings. The van der Waals surface area contributed by atoms with E-state index >= 15 is 0 Å². The highest BCUT2D eigenvalue weighted by Crippen LogP contribution is 2.19. The molecular formula is C15H19N3O2. The minimum Gasteiger partial charge on any atom is -0.478 e. The third kappa shape index (κ3) is 3.17. The smallest absolute Gasteiger partial charge is 0.271 e. The minimum absolute atomic E-state index is 0.178. The zero-order valence-corrected chi connectivity index (χ0v) is 11.8. The molecule has 0 radical (unpaired) electrons. The summed E-state index contributed by atoms with van der Waals surface area (Å²) in [4.78, 5) is 12.0. The lowest BCUT2D eigenvalue weighted by molar-refractivity contribution is 0.0948. The Hall–Kier alpha value is -2.30. The number of para-hydroxylation sites is 1. The molecule has 0 unspecified atom stereocenters. The van der Waals surface area contributed by atoms with Crippen molar-refractivity contribution in [2.45, 2.75) is 20.3 Å². The number of aromatic nitrogens is 2. The van der Waals surface area contributed by atoms with Crippen LogP contribution >= 0.6 is 0 Å². The molecule has 1 N–H and O–H groups in total. The summed E-state index contributed by atoms with van der Waals surface area (Å²) in [6.07, 6.45) is 0.892. The molecule has 0 spiro atoms. The van der Waals surface area contributed by atoms with Gasteiger partial charge < -0.3 is 10.1 Å². The standard InChI is InChI=1S/C15H19N3O2/c1-3-10-16-15(19)13-11-14(20-4-2)18(17-13)12-8-6-5-7-9-12/h5-9,11H,3-4,10H2,1-2H3,(H,16,19). The fourth-order valence-electron chi connectivity index (χ4n) is 1.81. The van der Waals surface area contributed by atoms with Crippen molar-refractivity contribution in [2.24, 2.45) is 0 Å². The molecule has 20 heavy (non-hydrogen) atoms. The number of amides is 1. The maximum atomic E-state index is 12.0. The van der Waals surface area contributed by atoms with Crippen LogP contribution in [0.2, 0.25) is 0 Å². The zero-order chi connectivity index (χ0) is 14.4. The van der Waals surface area contributed by atoms with Crippen LogP contribution in [-0.2, 0) is 0 Å². The number of nitrogens with zero attached hydrogens (tertiary/aromatic N) is 2.